The summed E-state index contributed by atoms with van der Waals surface area (Å²) >= 11 is 3.50. The molecule has 0 aliphatic carbocycles. The molecule has 0 saturated carbocycles. The van der Waals surface area contributed by atoms with E-state index >= 15 is 0 Å². The van der Waals surface area contributed by atoms with Gasteiger partial charge in [0.15, 0.2) is 11.5 Å². The quantitative estimate of drug-likeness (QED) is 0.691. The number of halogens is 1. The molecule has 1 aromatic heterocycles. The summed E-state index contributed by atoms with van der Waals surface area (Å²) < 4.78 is 11.8. The third-order valence-electron chi connectivity index (χ3n) is 3.37. The Morgan fingerprint density at radius 2 is 1.71 bits per heavy atom. The van der Waals surface area contributed by atoms with E-state index < -0.39 is 0 Å². The average Bonchev–Trinajstić information content (AvgIpc) is 2.52. The maximum Gasteiger partial charge on any atom is 0.161 e. The molecule has 106 valence electrons. The molecule has 2 aromatic carbocycles. The summed E-state index contributed by atoms with van der Waals surface area (Å²) in [5, 5.41) is 2.10. The van der Waals surface area contributed by atoms with Crippen molar-refractivity contribution in [3.8, 4) is 22.8 Å². The number of hydrogen-bond acceptors (Lipinski definition) is 3. The third kappa shape index (κ3) is 2.59. The Kier molecular flexibility index (Phi) is 3.80. The Labute approximate surface area is 131 Å². The molecule has 1 heterocycles. The molecule has 3 rings (SSSR count). The van der Waals surface area contributed by atoms with Crippen molar-refractivity contribution in [1.29, 1.82) is 0 Å². The van der Waals surface area contributed by atoms with E-state index in [4.69, 9.17) is 9.47 Å². The molecular weight excluding hydrogens is 330 g/mol. The zero-order valence-electron chi connectivity index (χ0n) is 11.8. The van der Waals surface area contributed by atoms with E-state index in [1.807, 2.05) is 42.6 Å². The number of ether oxygens (including phenoxy) is 2. The van der Waals surface area contributed by atoms with Gasteiger partial charge in [0.25, 0.3) is 0 Å². The van der Waals surface area contributed by atoms with E-state index in [9.17, 15) is 0 Å². The van der Waals surface area contributed by atoms with Crippen molar-refractivity contribution >= 4 is 26.7 Å². The van der Waals surface area contributed by atoms with Crippen LogP contribution in [0.25, 0.3) is 22.0 Å². The molecule has 0 aliphatic heterocycles. The number of pyridine rings is 1. The molecule has 0 amide bonds. The fourth-order valence-corrected chi connectivity index (χ4v) is 2.76. The summed E-state index contributed by atoms with van der Waals surface area (Å²) in [6, 6.07) is 14.0. The summed E-state index contributed by atoms with van der Waals surface area (Å²) in [7, 11) is 3.28. The first-order chi connectivity index (χ1) is 10.2. The van der Waals surface area contributed by atoms with Gasteiger partial charge in [-0.2, -0.15) is 0 Å². The number of benzene rings is 2. The van der Waals surface area contributed by atoms with Crippen LogP contribution < -0.4 is 9.47 Å². The number of hydrogen-bond donors (Lipinski definition) is 0. The van der Waals surface area contributed by atoms with Crippen LogP contribution in [-0.2, 0) is 0 Å². The Bertz CT molecular complexity index is 802. The van der Waals surface area contributed by atoms with Crippen molar-refractivity contribution < 1.29 is 9.47 Å². The summed E-state index contributed by atoms with van der Waals surface area (Å²) in [5.74, 6) is 1.42. The highest BCUT2D eigenvalue weighted by atomic mass is 79.9. The molecule has 0 fully saturated rings. The Morgan fingerprint density at radius 3 is 2.43 bits per heavy atom. The van der Waals surface area contributed by atoms with E-state index in [0.29, 0.717) is 5.75 Å². The molecule has 4 heteroatoms. The highest BCUT2D eigenvalue weighted by molar-refractivity contribution is 9.10. The van der Waals surface area contributed by atoms with Crippen LogP contribution >= 0.6 is 15.9 Å². The lowest BCUT2D eigenvalue weighted by atomic mass is 10.0. The molecule has 0 atom stereocenters. The number of fused-ring (bicyclic) bond motifs is 1. The van der Waals surface area contributed by atoms with Gasteiger partial charge in [-0.05, 0) is 35.7 Å². The molecule has 0 N–H and O–H groups in total. The van der Waals surface area contributed by atoms with Gasteiger partial charge in [-0.15, -0.1) is 0 Å². The van der Waals surface area contributed by atoms with E-state index in [0.717, 1.165) is 32.3 Å². The lowest BCUT2D eigenvalue weighted by Gasteiger charge is -2.11. The van der Waals surface area contributed by atoms with E-state index in [1.54, 1.807) is 14.2 Å². The van der Waals surface area contributed by atoms with Crippen LogP contribution in [0, 0.1) is 0 Å². The Morgan fingerprint density at radius 1 is 0.952 bits per heavy atom. The number of aromatic nitrogens is 1. The number of methoxy groups -OCH3 is 2. The topological polar surface area (TPSA) is 31.4 Å². The molecule has 0 aliphatic rings. The molecule has 0 unspecified atom stereocenters. The Balaban J connectivity index is 2.28. The van der Waals surface area contributed by atoms with Crippen molar-refractivity contribution in [3.63, 3.8) is 0 Å². The van der Waals surface area contributed by atoms with Crippen LogP contribution in [0.5, 0.6) is 11.5 Å². The summed E-state index contributed by atoms with van der Waals surface area (Å²) in [4.78, 5) is 4.53. The van der Waals surface area contributed by atoms with Gasteiger partial charge >= 0.3 is 0 Å². The number of rotatable bonds is 3. The minimum atomic E-state index is 0.703. The maximum absolute atomic E-state index is 5.40. The predicted octanol–water partition coefficient (Wildman–Crippen LogP) is 4.68. The van der Waals surface area contributed by atoms with Crippen molar-refractivity contribution in [3.05, 3.63) is 53.1 Å². The van der Waals surface area contributed by atoms with Crippen molar-refractivity contribution in [2.45, 2.75) is 0 Å². The molecule has 21 heavy (non-hydrogen) atoms. The molecule has 0 radical (unpaired) electrons. The maximum atomic E-state index is 5.40. The summed E-state index contributed by atoms with van der Waals surface area (Å²) in [6.07, 6.45) is 1.81. The number of nitrogens with zero attached hydrogens (tertiary/aromatic N) is 1. The minimum absolute atomic E-state index is 0.703. The van der Waals surface area contributed by atoms with E-state index in [2.05, 4.69) is 27.0 Å². The van der Waals surface area contributed by atoms with Crippen molar-refractivity contribution in [2.75, 3.05) is 14.2 Å². The Hall–Kier alpha value is -2.07. The molecule has 0 saturated heterocycles. The zero-order valence-corrected chi connectivity index (χ0v) is 13.3. The molecule has 0 bridgehead atoms. The first-order valence-electron chi connectivity index (χ1n) is 6.49. The highest BCUT2D eigenvalue weighted by Crippen LogP contribution is 2.36. The first kappa shape index (κ1) is 13.9. The molecular formula is C17H14BrNO2. The highest BCUT2D eigenvalue weighted by Gasteiger charge is 2.11. The van der Waals surface area contributed by atoms with Gasteiger partial charge < -0.3 is 9.47 Å². The molecule has 0 spiro atoms. The monoisotopic (exact) mass is 343 g/mol. The van der Waals surface area contributed by atoms with Crippen molar-refractivity contribution in [1.82, 2.24) is 4.98 Å². The van der Waals surface area contributed by atoms with Crippen LogP contribution in [0.4, 0.5) is 0 Å². The van der Waals surface area contributed by atoms with Gasteiger partial charge in [0.1, 0.15) is 0 Å². The van der Waals surface area contributed by atoms with Crippen molar-refractivity contribution in [2.24, 2.45) is 0 Å². The first-order valence-corrected chi connectivity index (χ1v) is 7.29. The van der Waals surface area contributed by atoms with Crippen LogP contribution in [0.3, 0.4) is 0 Å². The summed E-state index contributed by atoms with van der Waals surface area (Å²) in [5.41, 5.74) is 1.98. The van der Waals surface area contributed by atoms with Gasteiger partial charge in [-0.25, -0.2) is 0 Å². The fraction of sp³-hybridized carbons (Fsp3) is 0.118. The van der Waals surface area contributed by atoms with Gasteiger partial charge in [0.2, 0.25) is 0 Å². The van der Waals surface area contributed by atoms with Gasteiger partial charge in [0, 0.05) is 21.6 Å². The SMILES string of the molecule is COc1cc2ccnc(-c3cccc(Br)c3)c2cc1OC. The van der Waals surface area contributed by atoms with Gasteiger partial charge in [-0.1, -0.05) is 28.1 Å². The molecule has 3 nitrogen and oxygen atoms in total. The van der Waals surface area contributed by atoms with Gasteiger partial charge in [0.05, 0.1) is 19.9 Å². The van der Waals surface area contributed by atoms with Crippen LogP contribution in [-0.4, -0.2) is 19.2 Å². The minimum Gasteiger partial charge on any atom is -0.493 e. The second kappa shape index (κ2) is 5.74. The van der Waals surface area contributed by atoms with E-state index in [1.165, 1.54) is 0 Å². The second-order valence-corrected chi connectivity index (χ2v) is 5.51. The molecule has 3 aromatic rings. The largest absolute Gasteiger partial charge is 0.493 e. The zero-order chi connectivity index (χ0) is 14.8. The predicted molar refractivity (Wildman–Crippen MR) is 88.0 cm³/mol. The standard InChI is InChI=1S/C17H14BrNO2/c1-20-15-9-11-6-7-19-17(14(11)10-16(15)21-2)12-4-3-5-13(18)8-12/h3-10H,1-2H3. The lowest BCUT2D eigenvalue weighted by Crippen LogP contribution is -1.92. The van der Waals surface area contributed by atoms with E-state index in [-0.39, 0.29) is 0 Å². The van der Waals surface area contributed by atoms with Crippen LogP contribution in [0.1, 0.15) is 0 Å². The van der Waals surface area contributed by atoms with Crippen LogP contribution in [0.15, 0.2) is 53.1 Å². The second-order valence-electron chi connectivity index (χ2n) is 4.60. The summed E-state index contributed by atoms with van der Waals surface area (Å²) in [6.45, 7) is 0. The fourth-order valence-electron chi connectivity index (χ4n) is 2.37. The average molecular weight is 344 g/mol. The lowest BCUT2D eigenvalue weighted by molar-refractivity contribution is 0.356. The van der Waals surface area contributed by atoms with Crippen LogP contribution in [0.2, 0.25) is 0 Å². The smallest absolute Gasteiger partial charge is 0.161 e. The van der Waals surface area contributed by atoms with Gasteiger partial charge in [-0.3, -0.25) is 4.98 Å². The third-order valence-corrected chi connectivity index (χ3v) is 3.86. The normalized spacial score (nSPS) is 10.6.